The van der Waals surface area contributed by atoms with Gasteiger partial charge >= 0.3 is 0 Å². The molecule has 28 heavy (non-hydrogen) atoms. The van der Waals surface area contributed by atoms with E-state index in [1.165, 1.54) is 11.8 Å². The quantitative estimate of drug-likeness (QED) is 0.415. The van der Waals surface area contributed by atoms with Gasteiger partial charge in [0.15, 0.2) is 16.8 Å². The Bertz CT molecular complexity index is 1070. The van der Waals surface area contributed by atoms with E-state index in [1.54, 1.807) is 6.26 Å². The summed E-state index contributed by atoms with van der Waals surface area (Å²) in [5.41, 5.74) is 1.89. The summed E-state index contributed by atoms with van der Waals surface area (Å²) in [5, 5.41) is 13.6. The third-order valence-electron chi connectivity index (χ3n) is 4.35. The van der Waals surface area contributed by atoms with Crippen LogP contribution in [0.15, 0.2) is 56.8 Å². The SMILES string of the molecule is Cc1occc1-c1nnc(SC(C)c2nc(C(C)C)no2)n1-c1ccccc1. The van der Waals surface area contributed by atoms with Crippen LogP contribution in [0.4, 0.5) is 0 Å². The Balaban J connectivity index is 1.73. The number of nitrogens with zero attached hydrogens (tertiary/aromatic N) is 5. The highest BCUT2D eigenvalue weighted by Gasteiger charge is 2.23. The molecule has 0 aliphatic rings. The molecule has 0 N–H and O–H groups in total. The highest BCUT2D eigenvalue weighted by Crippen LogP contribution is 2.37. The number of furan rings is 1. The molecule has 1 unspecified atom stereocenters. The van der Waals surface area contributed by atoms with E-state index in [-0.39, 0.29) is 11.2 Å². The molecule has 0 saturated heterocycles. The molecule has 8 heteroatoms. The first-order valence-corrected chi connectivity index (χ1v) is 9.98. The molecule has 0 radical (unpaired) electrons. The van der Waals surface area contributed by atoms with E-state index in [9.17, 15) is 0 Å². The highest BCUT2D eigenvalue weighted by molar-refractivity contribution is 7.99. The molecule has 7 nitrogen and oxygen atoms in total. The number of rotatable bonds is 6. The van der Waals surface area contributed by atoms with Gasteiger partial charge in [0.05, 0.1) is 17.1 Å². The van der Waals surface area contributed by atoms with Crippen LogP contribution in [0.25, 0.3) is 17.1 Å². The van der Waals surface area contributed by atoms with Crippen molar-refractivity contribution in [3.05, 3.63) is 60.1 Å². The van der Waals surface area contributed by atoms with Gasteiger partial charge in [-0.3, -0.25) is 4.57 Å². The first-order valence-electron chi connectivity index (χ1n) is 9.10. The summed E-state index contributed by atoms with van der Waals surface area (Å²) in [6.07, 6.45) is 1.66. The molecule has 144 valence electrons. The summed E-state index contributed by atoms with van der Waals surface area (Å²) in [4.78, 5) is 4.51. The molecule has 3 heterocycles. The Morgan fingerprint density at radius 1 is 1.04 bits per heavy atom. The van der Waals surface area contributed by atoms with E-state index >= 15 is 0 Å². The van der Waals surface area contributed by atoms with Crippen molar-refractivity contribution in [1.29, 1.82) is 0 Å². The molecule has 0 bridgehead atoms. The Kier molecular flexibility index (Phi) is 5.04. The Hall–Kier alpha value is -2.87. The van der Waals surface area contributed by atoms with Crippen LogP contribution in [-0.2, 0) is 0 Å². The number of thioether (sulfide) groups is 1. The van der Waals surface area contributed by atoms with Crippen molar-refractivity contribution in [3.8, 4) is 17.1 Å². The lowest BCUT2D eigenvalue weighted by atomic mass is 10.2. The van der Waals surface area contributed by atoms with Crippen molar-refractivity contribution in [2.75, 3.05) is 0 Å². The van der Waals surface area contributed by atoms with Gasteiger partial charge in [-0.1, -0.05) is 49.0 Å². The monoisotopic (exact) mass is 395 g/mol. The summed E-state index contributed by atoms with van der Waals surface area (Å²) >= 11 is 1.53. The summed E-state index contributed by atoms with van der Waals surface area (Å²) in [6, 6.07) is 11.9. The number of hydrogen-bond acceptors (Lipinski definition) is 7. The predicted molar refractivity (Wildman–Crippen MR) is 106 cm³/mol. The van der Waals surface area contributed by atoms with Crippen LogP contribution in [0.3, 0.4) is 0 Å². The normalized spacial score (nSPS) is 12.6. The minimum absolute atomic E-state index is 0.0649. The highest BCUT2D eigenvalue weighted by atomic mass is 32.2. The number of para-hydroxylation sites is 1. The molecular formula is C20H21N5O2S. The Morgan fingerprint density at radius 2 is 1.82 bits per heavy atom. The third kappa shape index (κ3) is 3.47. The molecule has 3 aromatic heterocycles. The molecule has 0 aliphatic heterocycles. The largest absolute Gasteiger partial charge is 0.469 e. The van der Waals surface area contributed by atoms with Gasteiger partial charge in [-0.2, -0.15) is 4.98 Å². The number of aryl methyl sites for hydroxylation is 1. The number of benzene rings is 1. The van der Waals surface area contributed by atoms with E-state index in [4.69, 9.17) is 8.94 Å². The zero-order chi connectivity index (χ0) is 19.7. The number of aromatic nitrogens is 5. The molecule has 0 saturated carbocycles. The summed E-state index contributed by atoms with van der Waals surface area (Å²) in [7, 11) is 0. The van der Waals surface area contributed by atoms with E-state index in [2.05, 4.69) is 20.3 Å². The van der Waals surface area contributed by atoms with Crippen molar-refractivity contribution < 1.29 is 8.94 Å². The van der Waals surface area contributed by atoms with Gasteiger partial charge in [-0.05, 0) is 32.0 Å². The lowest BCUT2D eigenvalue weighted by Gasteiger charge is -2.11. The smallest absolute Gasteiger partial charge is 0.239 e. The van der Waals surface area contributed by atoms with Crippen LogP contribution in [0, 0.1) is 6.92 Å². The van der Waals surface area contributed by atoms with Gasteiger partial charge in [0.2, 0.25) is 5.89 Å². The van der Waals surface area contributed by atoms with Crippen LogP contribution in [0.1, 0.15) is 49.4 Å². The maximum atomic E-state index is 5.47. The van der Waals surface area contributed by atoms with E-state index in [0.29, 0.717) is 11.7 Å². The first-order chi connectivity index (χ1) is 13.5. The maximum absolute atomic E-state index is 5.47. The predicted octanol–water partition coefficient (Wildman–Crippen LogP) is 5.20. The second-order valence-corrected chi connectivity index (χ2v) is 8.08. The zero-order valence-corrected chi connectivity index (χ0v) is 17.0. The standard InChI is InChI=1S/C20H21N5O2S/c1-12(2)17-21-19(27-24-17)14(4)28-20-23-22-18(16-10-11-26-13(16)3)25(20)15-8-6-5-7-9-15/h5-12,14H,1-4H3. The molecule has 0 aliphatic carbocycles. The van der Waals surface area contributed by atoms with Gasteiger partial charge < -0.3 is 8.94 Å². The molecule has 1 atom stereocenters. The Morgan fingerprint density at radius 3 is 2.46 bits per heavy atom. The fourth-order valence-electron chi connectivity index (χ4n) is 2.80. The molecule has 0 spiro atoms. The van der Waals surface area contributed by atoms with Crippen LogP contribution in [-0.4, -0.2) is 24.9 Å². The van der Waals surface area contributed by atoms with E-state index in [0.717, 1.165) is 28.0 Å². The molecule has 4 aromatic rings. The van der Waals surface area contributed by atoms with Crippen molar-refractivity contribution >= 4 is 11.8 Å². The van der Waals surface area contributed by atoms with Crippen LogP contribution in [0.5, 0.6) is 0 Å². The minimum atomic E-state index is -0.0649. The average Bonchev–Trinajstić information content (AvgIpc) is 3.41. The first kappa shape index (κ1) is 18.5. The fraction of sp³-hybridized carbons (Fsp3) is 0.300. The summed E-state index contributed by atoms with van der Waals surface area (Å²) in [6.45, 7) is 8.02. The van der Waals surface area contributed by atoms with Crippen molar-refractivity contribution in [1.82, 2.24) is 24.9 Å². The van der Waals surface area contributed by atoms with Gasteiger partial charge in [0, 0.05) is 11.6 Å². The van der Waals surface area contributed by atoms with Gasteiger partial charge in [-0.25, -0.2) is 0 Å². The second-order valence-electron chi connectivity index (χ2n) is 6.77. The average molecular weight is 395 g/mol. The van der Waals surface area contributed by atoms with E-state index in [1.807, 2.05) is 68.7 Å². The molecule has 0 fully saturated rings. The molecule has 0 amide bonds. The lowest BCUT2D eigenvalue weighted by molar-refractivity contribution is 0.373. The van der Waals surface area contributed by atoms with Gasteiger partial charge in [0.1, 0.15) is 5.76 Å². The van der Waals surface area contributed by atoms with Crippen LogP contribution >= 0.6 is 11.8 Å². The minimum Gasteiger partial charge on any atom is -0.469 e. The van der Waals surface area contributed by atoms with Crippen molar-refractivity contribution in [2.45, 2.75) is 44.0 Å². The van der Waals surface area contributed by atoms with Gasteiger partial charge in [-0.15, -0.1) is 10.2 Å². The topological polar surface area (TPSA) is 82.8 Å². The maximum Gasteiger partial charge on any atom is 0.239 e. The summed E-state index contributed by atoms with van der Waals surface area (Å²) < 4.78 is 12.9. The molecule has 1 aromatic carbocycles. The molecular weight excluding hydrogens is 374 g/mol. The zero-order valence-electron chi connectivity index (χ0n) is 16.2. The lowest BCUT2D eigenvalue weighted by Crippen LogP contribution is -2.01. The fourth-order valence-corrected chi connectivity index (χ4v) is 3.70. The number of hydrogen-bond donors (Lipinski definition) is 0. The van der Waals surface area contributed by atoms with Gasteiger partial charge in [0.25, 0.3) is 0 Å². The van der Waals surface area contributed by atoms with Crippen LogP contribution in [0.2, 0.25) is 0 Å². The summed E-state index contributed by atoms with van der Waals surface area (Å²) in [5.74, 6) is 3.05. The van der Waals surface area contributed by atoms with Crippen LogP contribution < -0.4 is 0 Å². The van der Waals surface area contributed by atoms with Crippen molar-refractivity contribution in [2.24, 2.45) is 0 Å². The van der Waals surface area contributed by atoms with E-state index < -0.39 is 0 Å². The van der Waals surface area contributed by atoms with Crippen molar-refractivity contribution in [3.63, 3.8) is 0 Å². The third-order valence-corrected chi connectivity index (χ3v) is 5.38. The molecule has 4 rings (SSSR count). The Labute approximate surface area is 167 Å². The second kappa shape index (κ2) is 7.63.